The van der Waals surface area contributed by atoms with Gasteiger partial charge in [-0.3, -0.25) is 14.7 Å². The molecule has 26 heavy (non-hydrogen) atoms. The fraction of sp³-hybridized carbons (Fsp3) is 0.500. The van der Waals surface area contributed by atoms with Crippen molar-refractivity contribution in [2.75, 3.05) is 33.9 Å². The van der Waals surface area contributed by atoms with Crippen molar-refractivity contribution in [1.29, 1.82) is 0 Å². The third kappa shape index (κ3) is 5.16. The monoisotopic (exact) mass is 356 g/mol. The molecule has 1 amide bonds. The molecule has 0 spiro atoms. The Labute approximate surface area is 155 Å². The van der Waals surface area contributed by atoms with Gasteiger partial charge in [0.25, 0.3) is 0 Å². The van der Waals surface area contributed by atoms with Gasteiger partial charge in [0.2, 0.25) is 5.91 Å². The molecule has 0 saturated carbocycles. The Morgan fingerprint density at radius 3 is 2.85 bits per heavy atom. The maximum atomic E-state index is 11.6. The van der Waals surface area contributed by atoms with Crippen LogP contribution < -0.4 is 0 Å². The summed E-state index contributed by atoms with van der Waals surface area (Å²) in [6.07, 6.45) is 6.81. The molecule has 1 aliphatic rings. The van der Waals surface area contributed by atoms with Crippen LogP contribution in [0.1, 0.15) is 17.7 Å². The van der Waals surface area contributed by atoms with Crippen molar-refractivity contribution < 1.29 is 9.53 Å². The largest absolute Gasteiger partial charge is 0.372 e. The molecule has 2 aromatic rings. The Hall–Kier alpha value is -2.18. The Balaban J connectivity index is 1.57. The van der Waals surface area contributed by atoms with Gasteiger partial charge in [0.1, 0.15) is 6.61 Å². The van der Waals surface area contributed by atoms with Crippen LogP contribution >= 0.6 is 0 Å². The summed E-state index contributed by atoms with van der Waals surface area (Å²) in [6.45, 7) is 4.67. The minimum Gasteiger partial charge on any atom is -0.372 e. The van der Waals surface area contributed by atoms with Crippen LogP contribution in [0.5, 0.6) is 0 Å². The summed E-state index contributed by atoms with van der Waals surface area (Å²) >= 11 is 0. The Morgan fingerprint density at radius 1 is 1.27 bits per heavy atom. The molecule has 0 radical (unpaired) electrons. The number of nitrogens with zero attached hydrogens (tertiary/aromatic N) is 4. The maximum absolute atomic E-state index is 11.6. The normalized spacial score (nSPS) is 17.5. The second kappa shape index (κ2) is 8.96. The van der Waals surface area contributed by atoms with Crippen molar-refractivity contribution in [2.24, 2.45) is 5.92 Å². The van der Waals surface area contributed by atoms with E-state index < -0.39 is 0 Å². The van der Waals surface area contributed by atoms with E-state index >= 15 is 0 Å². The smallest absolute Gasteiger partial charge is 0.248 e. The van der Waals surface area contributed by atoms with Gasteiger partial charge in [0.05, 0.1) is 0 Å². The van der Waals surface area contributed by atoms with E-state index in [0.29, 0.717) is 12.5 Å². The van der Waals surface area contributed by atoms with Crippen LogP contribution in [0.15, 0.2) is 42.9 Å². The Morgan fingerprint density at radius 2 is 2.08 bits per heavy atom. The predicted octanol–water partition coefficient (Wildman–Crippen LogP) is 2.01. The van der Waals surface area contributed by atoms with Crippen molar-refractivity contribution >= 4 is 5.91 Å². The SMILES string of the molecule is CN(C)C(=O)COCC[C@H]1CN(Cc2ccncc2)Cc2cccn2C1. The van der Waals surface area contributed by atoms with Crippen LogP contribution in [0.4, 0.5) is 0 Å². The minimum absolute atomic E-state index is 0.0119. The molecule has 0 fully saturated rings. The zero-order chi connectivity index (χ0) is 18.4. The van der Waals surface area contributed by atoms with Crippen molar-refractivity contribution in [1.82, 2.24) is 19.4 Å². The summed E-state index contributed by atoms with van der Waals surface area (Å²) in [4.78, 5) is 19.8. The highest BCUT2D eigenvalue weighted by molar-refractivity contribution is 5.76. The molecule has 0 aromatic carbocycles. The third-order valence-electron chi connectivity index (χ3n) is 4.83. The quantitative estimate of drug-likeness (QED) is 0.712. The lowest BCUT2D eigenvalue weighted by atomic mass is 10.1. The van der Waals surface area contributed by atoms with E-state index in [1.165, 1.54) is 11.3 Å². The number of hydrogen-bond donors (Lipinski definition) is 0. The second-order valence-electron chi connectivity index (χ2n) is 7.17. The zero-order valence-corrected chi connectivity index (χ0v) is 15.7. The maximum Gasteiger partial charge on any atom is 0.248 e. The Bertz CT molecular complexity index is 699. The number of fused-ring (bicyclic) bond motifs is 1. The molecule has 3 rings (SSSR count). The number of likely N-dealkylation sites (N-methyl/N-ethyl adjacent to an activating group) is 1. The van der Waals surface area contributed by atoms with E-state index in [2.05, 4.69) is 44.9 Å². The molecule has 0 bridgehead atoms. The average molecular weight is 356 g/mol. The number of aromatic nitrogens is 2. The van der Waals surface area contributed by atoms with Gasteiger partial charge in [0.15, 0.2) is 0 Å². The molecule has 1 atom stereocenters. The fourth-order valence-electron chi connectivity index (χ4n) is 3.35. The summed E-state index contributed by atoms with van der Waals surface area (Å²) in [5.41, 5.74) is 2.64. The molecule has 0 N–H and O–H groups in total. The molecule has 0 saturated heterocycles. The van der Waals surface area contributed by atoms with Crippen LogP contribution in [-0.4, -0.2) is 59.1 Å². The lowest BCUT2D eigenvalue weighted by molar-refractivity contribution is -0.133. The lowest BCUT2D eigenvalue weighted by Gasteiger charge is -2.24. The van der Waals surface area contributed by atoms with Crippen LogP contribution in [0.3, 0.4) is 0 Å². The number of rotatable bonds is 7. The number of amides is 1. The second-order valence-corrected chi connectivity index (χ2v) is 7.17. The van der Waals surface area contributed by atoms with Crippen molar-refractivity contribution in [3.63, 3.8) is 0 Å². The van der Waals surface area contributed by atoms with Crippen LogP contribution in [0, 0.1) is 5.92 Å². The lowest BCUT2D eigenvalue weighted by Crippen LogP contribution is -2.29. The summed E-state index contributed by atoms with van der Waals surface area (Å²) in [6, 6.07) is 8.48. The van der Waals surface area contributed by atoms with Crippen molar-refractivity contribution in [3.05, 3.63) is 54.1 Å². The highest BCUT2D eigenvalue weighted by atomic mass is 16.5. The molecule has 6 heteroatoms. The first-order valence-corrected chi connectivity index (χ1v) is 9.15. The van der Waals surface area contributed by atoms with E-state index in [4.69, 9.17) is 4.74 Å². The highest BCUT2D eigenvalue weighted by Gasteiger charge is 2.21. The van der Waals surface area contributed by atoms with Crippen LogP contribution in [-0.2, 0) is 29.2 Å². The molecular weight excluding hydrogens is 328 g/mol. The van der Waals surface area contributed by atoms with E-state index in [1.807, 2.05) is 12.4 Å². The first-order chi connectivity index (χ1) is 12.6. The Kier molecular flexibility index (Phi) is 6.41. The van der Waals surface area contributed by atoms with Gasteiger partial charge < -0.3 is 14.2 Å². The molecule has 140 valence electrons. The molecule has 2 aromatic heterocycles. The molecule has 6 nitrogen and oxygen atoms in total. The van der Waals surface area contributed by atoms with Gasteiger partial charge in [-0.2, -0.15) is 0 Å². The van der Waals surface area contributed by atoms with E-state index in [1.54, 1.807) is 19.0 Å². The fourth-order valence-corrected chi connectivity index (χ4v) is 3.35. The van der Waals surface area contributed by atoms with Gasteiger partial charge in [-0.05, 0) is 42.2 Å². The van der Waals surface area contributed by atoms with Gasteiger partial charge in [-0.1, -0.05) is 0 Å². The first kappa shape index (κ1) is 18.6. The van der Waals surface area contributed by atoms with Gasteiger partial charge in [-0.25, -0.2) is 0 Å². The van der Waals surface area contributed by atoms with Gasteiger partial charge in [0, 0.05) is 71.2 Å². The number of carbonyl (C=O) groups excluding carboxylic acids is 1. The molecule has 1 aliphatic heterocycles. The summed E-state index contributed by atoms with van der Waals surface area (Å²) in [7, 11) is 3.50. The molecule has 3 heterocycles. The van der Waals surface area contributed by atoms with Crippen LogP contribution in [0.25, 0.3) is 0 Å². The van der Waals surface area contributed by atoms with E-state index in [-0.39, 0.29) is 12.5 Å². The zero-order valence-electron chi connectivity index (χ0n) is 15.7. The predicted molar refractivity (Wildman–Crippen MR) is 100 cm³/mol. The first-order valence-electron chi connectivity index (χ1n) is 9.15. The number of ether oxygens (including phenoxy) is 1. The van der Waals surface area contributed by atoms with Crippen molar-refractivity contribution in [2.45, 2.75) is 26.1 Å². The van der Waals surface area contributed by atoms with Crippen molar-refractivity contribution in [3.8, 4) is 0 Å². The standard InChI is InChI=1S/C20H28N4O2/c1-22(2)20(25)16-26-11-7-18-13-23(12-17-5-8-21-9-6-17)15-19-4-3-10-24(19)14-18/h3-6,8-10,18H,7,11-16H2,1-2H3/t18-/m0/s1. The molecule has 0 unspecified atom stereocenters. The number of carbonyl (C=O) groups is 1. The third-order valence-corrected chi connectivity index (χ3v) is 4.83. The minimum atomic E-state index is 0.0119. The summed E-state index contributed by atoms with van der Waals surface area (Å²) in [5, 5.41) is 0. The van der Waals surface area contributed by atoms with Crippen LogP contribution in [0.2, 0.25) is 0 Å². The number of pyridine rings is 1. The summed E-state index contributed by atoms with van der Waals surface area (Å²) < 4.78 is 7.95. The molecule has 0 aliphatic carbocycles. The summed E-state index contributed by atoms with van der Waals surface area (Å²) in [5.74, 6) is 0.512. The van der Waals surface area contributed by atoms with Gasteiger partial charge >= 0.3 is 0 Å². The highest BCUT2D eigenvalue weighted by Crippen LogP contribution is 2.21. The van der Waals surface area contributed by atoms with Gasteiger partial charge in [-0.15, -0.1) is 0 Å². The van der Waals surface area contributed by atoms with E-state index in [0.717, 1.165) is 32.6 Å². The average Bonchev–Trinajstić information content (AvgIpc) is 2.98. The number of hydrogen-bond acceptors (Lipinski definition) is 4. The van der Waals surface area contributed by atoms with E-state index in [9.17, 15) is 4.79 Å². The topological polar surface area (TPSA) is 50.6 Å². The molecular formula is C20H28N4O2.